The van der Waals surface area contributed by atoms with Crippen molar-refractivity contribution in [1.29, 1.82) is 0 Å². The number of carboxylic acid groups (broad SMARTS) is 1. The highest BCUT2D eigenvalue weighted by Crippen LogP contribution is 2.14. The van der Waals surface area contributed by atoms with E-state index >= 15 is 0 Å². The Hall–Kier alpha value is -2.04. The van der Waals surface area contributed by atoms with Crippen LogP contribution in [-0.4, -0.2) is 23.1 Å². The predicted molar refractivity (Wildman–Crippen MR) is 74.4 cm³/mol. The van der Waals surface area contributed by atoms with Crippen LogP contribution in [0.15, 0.2) is 18.2 Å². The van der Waals surface area contributed by atoms with Crippen LogP contribution in [-0.2, 0) is 4.79 Å². The van der Waals surface area contributed by atoms with Gasteiger partial charge in [0.25, 0.3) is 0 Å². The number of hydrogen-bond donors (Lipinski definition) is 3. The minimum absolute atomic E-state index is 0.0467. The molecule has 0 spiro atoms. The number of hydrogen-bond acceptors (Lipinski definition) is 2. The van der Waals surface area contributed by atoms with Gasteiger partial charge in [-0.05, 0) is 50.5 Å². The van der Waals surface area contributed by atoms with Crippen molar-refractivity contribution in [3.63, 3.8) is 0 Å². The lowest BCUT2D eigenvalue weighted by molar-refractivity contribution is -0.137. The third-order valence-corrected chi connectivity index (χ3v) is 2.93. The van der Waals surface area contributed by atoms with E-state index < -0.39 is 5.97 Å². The molecule has 1 unspecified atom stereocenters. The summed E-state index contributed by atoms with van der Waals surface area (Å²) in [6.07, 6.45) is 0.459. The Morgan fingerprint density at radius 3 is 2.53 bits per heavy atom. The van der Waals surface area contributed by atoms with Gasteiger partial charge in [-0.3, -0.25) is 4.79 Å². The van der Waals surface area contributed by atoms with E-state index in [0.29, 0.717) is 6.42 Å². The summed E-state index contributed by atoms with van der Waals surface area (Å²) in [5.41, 5.74) is 3.00. The van der Waals surface area contributed by atoms with Crippen LogP contribution >= 0.6 is 0 Å². The van der Waals surface area contributed by atoms with Crippen LogP contribution in [0.2, 0.25) is 0 Å². The molecule has 0 saturated carbocycles. The lowest BCUT2D eigenvalue weighted by atomic mass is 10.1. The Balaban J connectivity index is 2.46. The van der Waals surface area contributed by atoms with Crippen molar-refractivity contribution in [2.24, 2.45) is 0 Å². The van der Waals surface area contributed by atoms with E-state index in [0.717, 1.165) is 11.3 Å². The first-order valence-electron chi connectivity index (χ1n) is 6.25. The van der Waals surface area contributed by atoms with Gasteiger partial charge in [-0.15, -0.1) is 0 Å². The summed E-state index contributed by atoms with van der Waals surface area (Å²) >= 11 is 0. The average molecular weight is 264 g/mol. The first-order chi connectivity index (χ1) is 8.88. The molecule has 0 aliphatic carbocycles. The molecular formula is C14H20N2O3. The van der Waals surface area contributed by atoms with Crippen LogP contribution in [0.25, 0.3) is 0 Å². The van der Waals surface area contributed by atoms with E-state index in [9.17, 15) is 9.59 Å². The van der Waals surface area contributed by atoms with Gasteiger partial charge in [0.15, 0.2) is 0 Å². The number of anilines is 1. The maximum absolute atomic E-state index is 11.7. The topological polar surface area (TPSA) is 78.4 Å². The summed E-state index contributed by atoms with van der Waals surface area (Å²) in [5, 5.41) is 14.0. The van der Waals surface area contributed by atoms with Gasteiger partial charge in [0, 0.05) is 18.2 Å². The highest BCUT2D eigenvalue weighted by atomic mass is 16.4. The molecule has 2 amide bonds. The van der Waals surface area contributed by atoms with E-state index in [1.807, 2.05) is 32.0 Å². The van der Waals surface area contributed by atoms with Crippen molar-refractivity contribution >= 4 is 17.7 Å². The lowest BCUT2D eigenvalue weighted by Gasteiger charge is -2.14. The Morgan fingerprint density at radius 1 is 1.26 bits per heavy atom. The van der Waals surface area contributed by atoms with Crippen LogP contribution in [0.1, 0.15) is 30.9 Å². The highest BCUT2D eigenvalue weighted by molar-refractivity contribution is 5.89. The van der Waals surface area contributed by atoms with E-state index in [2.05, 4.69) is 10.6 Å². The van der Waals surface area contributed by atoms with Gasteiger partial charge >= 0.3 is 12.0 Å². The molecule has 19 heavy (non-hydrogen) atoms. The molecule has 0 fully saturated rings. The zero-order chi connectivity index (χ0) is 14.4. The Morgan fingerprint density at radius 2 is 1.95 bits per heavy atom. The number of benzene rings is 1. The van der Waals surface area contributed by atoms with Gasteiger partial charge in [0.05, 0.1) is 0 Å². The maximum atomic E-state index is 11.7. The number of aryl methyl sites for hydroxylation is 2. The molecule has 0 radical (unpaired) electrons. The molecule has 3 N–H and O–H groups in total. The largest absolute Gasteiger partial charge is 0.481 e. The molecule has 1 atom stereocenters. The summed E-state index contributed by atoms with van der Waals surface area (Å²) in [4.78, 5) is 22.1. The molecule has 0 bridgehead atoms. The fourth-order valence-corrected chi connectivity index (χ4v) is 1.62. The molecular weight excluding hydrogens is 244 g/mol. The third-order valence-electron chi connectivity index (χ3n) is 2.93. The van der Waals surface area contributed by atoms with E-state index in [-0.39, 0.29) is 18.5 Å². The van der Waals surface area contributed by atoms with Gasteiger partial charge in [-0.25, -0.2) is 4.79 Å². The van der Waals surface area contributed by atoms with Gasteiger partial charge in [0.2, 0.25) is 0 Å². The zero-order valence-electron chi connectivity index (χ0n) is 11.5. The zero-order valence-corrected chi connectivity index (χ0v) is 11.5. The van der Waals surface area contributed by atoms with Crippen molar-refractivity contribution in [2.75, 3.05) is 5.32 Å². The molecule has 0 aromatic heterocycles. The number of carboxylic acids is 1. The van der Waals surface area contributed by atoms with Crippen molar-refractivity contribution in [3.8, 4) is 0 Å². The van der Waals surface area contributed by atoms with Crippen molar-refractivity contribution in [1.82, 2.24) is 5.32 Å². The smallest absolute Gasteiger partial charge is 0.319 e. The van der Waals surface area contributed by atoms with E-state index in [1.165, 1.54) is 5.56 Å². The first kappa shape index (κ1) is 15.0. The molecule has 0 heterocycles. The number of rotatable bonds is 5. The molecule has 0 saturated heterocycles. The molecule has 5 nitrogen and oxygen atoms in total. The van der Waals surface area contributed by atoms with Crippen LogP contribution in [0.5, 0.6) is 0 Å². The number of amides is 2. The highest BCUT2D eigenvalue weighted by Gasteiger charge is 2.09. The SMILES string of the molecule is Cc1ccc(NC(=O)NC(C)CCC(=O)O)cc1C. The predicted octanol–water partition coefficient (Wildman–Crippen LogP) is 2.68. The van der Waals surface area contributed by atoms with Crippen LogP contribution in [0.3, 0.4) is 0 Å². The number of carbonyl (C=O) groups is 2. The minimum Gasteiger partial charge on any atom is -0.481 e. The fourth-order valence-electron chi connectivity index (χ4n) is 1.62. The third kappa shape index (κ3) is 5.42. The standard InChI is InChI=1S/C14H20N2O3/c1-9-4-6-12(8-10(9)2)16-14(19)15-11(3)5-7-13(17)18/h4,6,8,11H,5,7H2,1-3H3,(H,17,18)(H2,15,16,19). The molecule has 1 aromatic rings. The quantitative estimate of drug-likeness (QED) is 0.765. The van der Waals surface area contributed by atoms with Crippen LogP contribution in [0, 0.1) is 13.8 Å². The van der Waals surface area contributed by atoms with Crippen LogP contribution < -0.4 is 10.6 Å². The number of carbonyl (C=O) groups excluding carboxylic acids is 1. The summed E-state index contributed by atoms with van der Waals surface area (Å²) in [7, 11) is 0. The Labute approximate surface area is 113 Å². The molecule has 1 aromatic carbocycles. The fraction of sp³-hybridized carbons (Fsp3) is 0.429. The van der Waals surface area contributed by atoms with Crippen molar-refractivity contribution < 1.29 is 14.7 Å². The number of aliphatic carboxylic acids is 1. The van der Waals surface area contributed by atoms with Gasteiger partial charge in [-0.1, -0.05) is 6.07 Å². The molecule has 0 aliphatic rings. The number of urea groups is 1. The summed E-state index contributed by atoms with van der Waals surface area (Å²) in [6, 6.07) is 5.18. The lowest BCUT2D eigenvalue weighted by Crippen LogP contribution is -2.36. The van der Waals surface area contributed by atoms with Gasteiger partial charge in [0.1, 0.15) is 0 Å². The van der Waals surface area contributed by atoms with Crippen LogP contribution in [0.4, 0.5) is 10.5 Å². The molecule has 5 heteroatoms. The minimum atomic E-state index is -0.858. The van der Waals surface area contributed by atoms with Crippen molar-refractivity contribution in [2.45, 2.75) is 39.7 Å². The summed E-state index contributed by atoms with van der Waals surface area (Å²) < 4.78 is 0. The molecule has 1 rings (SSSR count). The first-order valence-corrected chi connectivity index (χ1v) is 6.25. The average Bonchev–Trinajstić information content (AvgIpc) is 2.31. The van der Waals surface area contributed by atoms with Gasteiger partial charge in [-0.2, -0.15) is 0 Å². The monoisotopic (exact) mass is 264 g/mol. The Kier molecular flexibility index (Phi) is 5.36. The normalized spacial score (nSPS) is 11.7. The molecule has 104 valence electrons. The second-order valence-electron chi connectivity index (χ2n) is 4.73. The van der Waals surface area contributed by atoms with Gasteiger partial charge < -0.3 is 15.7 Å². The second kappa shape index (κ2) is 6.78. The summed E-state index contributed by atoms with van der Waals surface area (Å²) in [5.74, 6) is -0.858. The number of nitrogens with one attached hydrogen (secondary N) is 2. The second-order valence-corrected chi connectivity index (χ2v) is 4.73. The van der Waals surface area contributed by atoms with E-state index in [4.69, 9.17) is 5.11 Å². The summed E-state index contributed by atoms with van der Waals surface area (Å²) in [6.45, 7) is 5.77. The maximum Gasteiger partial charge on any atom is 0.319 e. The molecule has 0 aliphatic heterocycles. The Bertz CT molecular complexity index is 472. The van der Waals surface area contributed by atoms with Crippen molar-refractivity contribution in [3.05, 3.63) is 29.3 Å². The van der Waals surface area contributed by atoms with E-state index in [1.54, 1.807) is 6.92 Å².